The van der Waals surface area contributed by atoms with Crippen molar-refractivity contribution in [2.75, 3.05) is 11.1 Å². The van der Waals surface area contributed by atoms with Gasteiger partial charge in [-0.25, -0.2) is 4.68 Å². The van der Waals surface area contributed by atoms with Gasteiger partial charge in [-0.05, 0) is 45.4 Å². The number of rotatable bonds is 7. The van der Waals surface area contributed by atoms with Crippen LogP contribution in [0.1, 0.15) is 23.1 Å². The molecule has 0 aliphatic heterocycles. The molecule has 0 bridgehead atoms. The van der Waals surface area contributed by atoms with E-state index in [1.165, 1.54) is 22.2 Å². The molecule has 0 aliphatic carbocycles. The van der Waals surface area contributed by atoms with E-state index in [1.54, 1.807) is 27.7 Å². The lowest BCUT2D eigenvalue weighted by molar-refractivity contribution is -0.113. The Kier molecular flexibility index (Phi) is 6.57. The minimum absolute atomic E-state index is 0.124. The van der Waals surface area contributed by atoms with Gasteiger partial charge in [0.15, 0.2) is 11.0 Å². The largest absolute Gasteiger partial charge is 0.319 e. The van der Waals surface area contributed by atoms with Gasteiger partial charge in [0.1, 0.15) is 5.69 Å². The highest BCUT2D eigenvalue weighted by Crippen LogP contribution is 2.31. The van der Waals surface area contributed by atoms with E-state index in [0.717, 1.165) is 17.1 Å². The first kappa shape index (κ1) is 23.1. The summed E-state index contributed by atoms with van der Waals surface area (Å²) in [5.74, 6) is 0.673. The van der Waals surface area contributed by atoms with E-state index in [-0.39, 0.29) is 22.9 Å². The van der Waals surface area contributed by atoms with Crippen LogP contribution in [-0.2, 0) is 18.4 Å². The zero-order valence-electron chi connectivity index (χ0n) is 19.2. The number of amides is 1. The number of thiophene rings is 1. The summed E-state index contributed by atoms with van der Waals surface area (Å²) in [5.41, 5.74) is 3.72. The average Bonchev–Trinajstić information content (AvgIpc) is 3.43. The van der Waals surface area contributed by atoms with Crippen molar-refractivity contribution >= 4 is 34.7 Å². The van der Waals surface area contributed by atoms with Gasteiger partial charge in [-0.3, -0.25) is 14.3 Å². The van der Waals surface area contributed by atoms with E-state index in [9.17, 15) is 9.59 Å². The lowest BCUT2D eigenvalue weighted by Crippen LogP contribution is -2.23. The number of benzene rings is 1. The summed E-state index contributed by atoms with van der Waals surface area (Å²) in [6, 6.07) is 9.35. The number of para-hydroxylation sites is 1. The molecule has 0 saturated carbocycles. The maximum absolute atomic E-state index is 13.0. The minimum Gasteiger partial charge on any atom is -0.319 e. The van der Waals surface area contributed by atoms with Crippen LogP contribution >= 0.6 is 23.1 Å². The second kappa shape index (κ2) is 9.40. The van der Waals surface area contributed by atoms with Gasteiger partial charge in [0.25, 0.3) is 5.56 Å². The topological polar surface area (TPSA) is 86.7 Å². The molecule has 1 aromatic carbocycles. The molecule has 3 heterocycles. The van der Waals surface area contributed by atoms with Crippen LogP contribution in [0.2, 0.25) is 0 Å². The first-order valence-corrected chi connectivity index (χ1v) is 12.4. The zero-order chi connectivity index (χ0) is 23.7. The van der Waals surface area contributed by atoms with Gasteiger partial charge in [0.2, 0.25) is 5.91 Å². The molecule has 33 heavy (non-hydrogen) atoms. The molecule has 10 heteroatoms. The molecule has 0 saturated heterocycles. The summed E-state index contributed by atoms with van der Waals surface area (Å²) < 4.78 is 5.30. The number of thioether (sulfide) groups is 1. The van der Waals surface area contributed by atoms with Crippen molar-refractivity contribution in [3.8, 4) is 17.1 Å². The van der Waals surface area contributed by atoms with Crippen LogP contribution in [0.25, 0.3) is 17.1 Å². The predicted octanol–water partition coefficient (Wildman–Crippen LogP) is 4.17. The summed E-state index contributed by atoms with van der Waals surface area (Å²) >= 11 is 3.00. The summed E-state index contributed by atoms with van der Waals surface area (Å²) in [5, 5.41) is 14.3. The van der Waals surface area contributed by atoms with Crippen LogP contribution in [0, 0.1) is 20.8 Å². The molecule has 0 unspecified atom stereocenters. The molecule has 0 atom stereocenters. The fourth-order valence-corrected chi connectivity index (χ4v) is 5.30. The third-order valence-electron chi connectivity index (χ3n) is 5.71. The van der Waals surface area contributed by atoms with Gasteiger partial charge in [-0.2, -0.15) is 0 Å². The Bertz CT molecular complexity index is 1360. The molecule has 4 rings (SSSR count). The summed E-state index contributed by atoms with van der Waals surface area (Å²) in [6.45, 7) is 8.72. The van der Waals surface area contributed by atoms with Crippen LogP contribution in [0.5, 0.6) is 0 Å². The number of hydrogen-bond acceptors (Lipinski definition) is 6. The van der Waals surface area contributed by atoms with Crippen LogP contribution in [-0.4, -0.2) is 35.8 Å². The summed E-state index contributed by atoms with van der Waals surface area (Å²) in [6.07, 6.45) is 0. The number of hydrogen-bond donors (Lipinski definition) is 1. The van der Waals surface area contributed by atoms with Gasteiger partial charge in [-0.1, -0.05) is 30.0 Å². The maximum atomic E-state index is 13.0. The molecule has 3 aromatic heterocycles. The molecule has 0 radical (unpaired) electrons. The Morgan fingerprint density at radius 2 is 1.88 bits per heavy atom. The van der Waals surface area contributed by atoms with Gasteiger partial charge in [0, 0.05) is 29.4 Å². The van der Waals surface area contributed by atoms with Gasteiger partial charge >= 0.3 is 0 Å². The monoisotopic (exact) mass is 482 g/mol. The predicted molar refractivity (Wildman–Crippen MR) is 134 cm³/mol. The highest BCUT2D eigenvalue weighted by Gasteiger charge is 2.20. The highest BCUT2D eigenvalue weighted by atomic mass is 32.2. The molecule has 0 aliphatic rings. The molecule has 1 amide bonds. The SMILES string of the molecule is CCn1c(SCC(=O)Nc2c(C)n(C)n(-c3ccccc3)c2=O)nnc1-c1csc(C)c1C. The number of aryl methyl sites for hydroxylation is 1. The van der Waals surface area contributed by atoms with Crippen molar-refractivity contribution < 1.29 is 4.79 Å². The first-order chi connectivity index (χ1) is 15.8. The number of nitrogens with zero attached hydrogens (tertiary/aromatic N) is 5. The summed E-state index contributed by atoms with van der Waals surface area (Å²) in [7, 11) is 1.80. The van der Waals surface area contributed by atoms with Gasteiger partial charge < -0.3 is 9.88 Å². The van der Waals surface area contributed by atoms with Gasteiger partial charge in [-0.15, -0.1) is 21.5 Å². The van der Waals surface area contributed by atoms with Crippen LogP contribution in [0.15, 0.2) is 45.7 Å². The third-order valence-corrected chi connectivity index (χ3v) is 7.69. The summed E-state index contributed by atoms with van der Waals surface area (Å²) in [4.78, 5) is 27.0. The van der Waals surface area contributed by atoms with Crippen molar-refractivity contribution in [2.45, 2.75) is 39.4 Å². The Labute approximate surface area is 200 Å². The van der Waals surface area contributed by atoms with Crippen LogP contribution in [0.3, 0.4) is 0 Å². The molecule has 0 spiro atoms. The Balaban J connectivity index is 1.51. The number of aromatic nitrogens is 5. The van der Waals surface area contributed by atoms with E-state index < -0.39 is 0 Å². The number of anilines is 1. The fourth-order valence-electron chi connectivity index (χ4n) is 3.63. The smallest absolute Gasteiger partial charge is 0.295 e. The molecule has 1 N–H and O–H groups in total. The zero-order valence-corrected chi connectivity index (χ0v) is 20.9. The van der Waals surface area contributed by atoms with E-state index >= 15 is 0 Å². The Morgan fingerprint density at radius 3 is 2.52 bits per heavy atom. The molecular formula is C23H26N6O2S2. The Hall–Kier alpha value is -3.11. The normalized spacial score (nSPS) is 11.2. The Morgan fingerprint density at radius 1 is 1.15 bits per heavy atom. The second-order valence-corrected chi connectivity index (χ2v) is 9.68. The third kappa shape index (κ3) is 4.28. The quantitative estimate of drug-likeness (QED) is 0.400. The standard InChI is InChI=1S/C23H26N6O2S2/c1-6-28-21(18-12-32-16(4)14(18)2)25-26-23(28)33-13-19(30)24-20-15(3)27(5)29(22(20)31)17-10-8-7-9-11-17/h7-12H,6,13H2,1-5H3,(H,24,30). The van der Waals surface area contributed by atoms with Crippen molar-refractivity contribution in [3.05, 3.63) is 62.2 Å². The van der Waals surface area contributed by atoms with Crippen molar-refractivity contribution in [2.24, 2.45) is 7.05 Å². The maximum Gasteiger partial charge on any atom is 0.295 e. The van der Waals surface area contributed by atoms with E-state index in [4.69, 9.17) is 0 Å². The van der Waals surface area contributed by atoms with Crippen molar-refractivity contribution in [1.82, 2.24) is 24.1 Å². The van der Waals surface area contributed by atoms with Crippen LogP contribution in [0.4, 0.5) is 5.69 Å². The highest BCUT2D eigenvalue weighted by molar-refractivity contribution is 7.99. The molecule has 4 aromatic rings. The number of carbonyl (C=O) groups excluding carboxylic acids is 1. The van der Waals surface area contributed by atoms with E-state index in [2.05, 4.69) is 34.7 Å². The van der Waals surface area contributed by atoms with Crippen LogP contribution < -0.4 is 10.9 Å². The fraction of sp³-hybridized carbons (Fsp3) is 0.304. The van der Waals surface area contributed by atoms with Gasteiger partial charge in [0.05, 0.1) is 17.1 Å². The lowest BCUT2D eigenvalue weighted by Gasteiger charge is -2.08. The minimum atomic E-state index is -0.263. The number of nitrogens with one attached hydrogen (secondary N) is 1. The molecular weight excluding hydrogens is 456 g/mol. The second-order valence-electron chi connectivity index (χ2n) is 7.65. The number of carbonyl (C=O) groups is 1. The first-order valence-electron chi connectivity index (χ1n) is 10.6. The molecule has 8 nitrogen and oxygen atoms in total. The lowest BCUT2D eigenvalue weighted by atomic mass is 10.1. The molecule has 0 fully saturated rings. The van der Waals surface area contributed by atoms with E-state index in [1.807, 2.05) is 48.7 Å². The average molecular weight is 483 g/mol. The van der Waals surface area contributed by atoms with Crippen molar-refractivity contribution in [3.63, 3.8) is 0 Å². The van der Waals surface area contributed by atoms with Crippen molar-refractivity contribution in [1.29, 1.82) is 0 Å². The van der Waals surface area contributed by atoms with E-state index in [0.29, 0.717) is 17.4 Å². The molecule has 172 valence electrons.